The summed E-state index contributed by atoms with van der Waals surface area (Å²) in [7, 11) is 1.84. The van der Waals surface area contributed by atoms with Crippen molar-refractivity contribution in [3.8, 4) is 0 Å². The molecular weight excluding hydrogens is 270 g/mol. The smallest absolute Gasteiger partial charge is 0.319 e. The van der Waals surface area contributed by atoms with Gasteiger partial charge in [-0.15, -0.1) is 0 Å². The second-order valence-corrected chi connectivity index (χ2v) is 5.33. The third-order valence-electron chi connectivity index (χ3n) is 3.53. The third kappa shape index (κ3) is 4.75. The number of urea groups is 1. The summed E-state index contributed by atoms with van der Waals surface area (Å²) in [6, 6.07) is 6.88. The van der Waals surface area contributed by atoms with Crippen molar-refractivity contribution in [2.45, 2.75) is 31.8 Å². The van der Waals surface area contributed by atoms with E-state index in [9.17, 15) is 9.59 Å². The Morgan fingerprint density at radius 1 is 1.33 bits per heavy atom. The molecule has 0 bridgehead atoms. The molecule has 2 rings (SSSR count). The molecule has 0 radical (unpaired) electrons. The minimum Gasteiger partial charge on any atom is -0.481 e. The van der Waals surface area contributed by atoms with E-state index in [1.807, 2.05) is 31.3 Å². The van der Waals surface area contributed by atoms with Gasteiger partial charge < -0.3 is 21.1 Å². The average Bonchev–Trinajstić information content (AvgIpc) is 3.24. The fourth-order valence-electron chi connectivity index (χ4n) is 2.34. The predicted molar refractivity (Wildman–Crippen MR) is 80.1 cm³/mol. The molecule has 0 aromatic heterocycles. The van der Waals surface area contributed by atoms with Gasteiger partial charge in [-0.1, -0.05) is 18.2 Å². The van der Waals surface area contributed by atoms with E-state index in [0.717, 1.165) is 24.1 Å². The number of anilines is 1. The van der Waals surface area contributed by atoms with Crippen molar-refractivity contribution in [2.24, 2.45) is 5.92 Å². The van der Waals surface area contributed by atoms with Gasteiger partial charge in [0.2, 0.25) is 0 Å². The summed E-state index contributed by atoms with van der Waals surface area (Å²) in [5.41, 5.74) is 1.71. The standard InChI is InChI=1S/C15H21N3O3/c1-16-9-11-4-2-3-5-12(11)17-15(21)18-13(8-14(19)20)10-6-7-10/h2-5,10,13,16H,6-9H2,1H3,(H,19,20)(H2,17,18,21). The first kappa shape index (κ1) is 15.3. The largest absolute Gasteiger partial charge is 0.481 e. The van der Waals surface area contributed by atoms with Crippen molar-refractivity contribution >= 4 is 17.7 Å². The average molecular weight is 291 g/mol. The molecule has 1 aliphatic carbocycles. The van der Waals surface area contributed by atoms with E-state index in [0.29, 0.717) is 12.5 Å². The quantitative estimate of drug-likeness (QED) is 0.616. The Kier molecular flexibility index (Phi) is 5.16. The van der Waals surface area contributed by atoms with Crippen molar-refractivity contribution in [2.75, 3.05) is 12.4 Å². The molecule has 0 aliphatic heterocycles. The number of carboxylic acid groups (broad SMARTS) is 1. The van der Waals surface area contributed by atoms with E-state index >= 15 is 0 Å². The van der Waals surface area contributed by atoms with E-state index in [1.54, 1.807) is 0 Å². The van der Waals surface area contributed by atoms with Crippen LogP contribution in [-0.4, -0.2) is 30.2 Å². The molecule has 6 nitrogen and oxygen atoms in total. The number of carboxylic acids is 1. The van der Waals surface area contributed by atoms with Gasteiger partial charge in [-0.3, -0.25) is 4.79 Å². The number of hydrogen-bond acceptors (Lipinski definition) is 3. The van der Waals surface area contributed by atoms with Crippen LogP contribution in [0.5, 0.6) is 0 Å². The van der Waals surface area contributed by atoms with E-state index in [-0.39, 0.29) is 18.5 Å². The van der Waals surface area contributed by atoms with Crippen LogP contribution in [0.1, 0.15) is 24.8 Å². The normalized spacial score (nSPS) is 15.3. The van der Waals surface area contributed by atoms with Gasteiger partial charge in [-0.2, -0.15) is 0 Å². The van der Waals surface area contributed by atoms with E-state index in [4.69, 9.17) is 5.11 Å². The van der Waals surface area contributed by atoms with Gasteiger partial charge in [0.15, 0.2) is 0 Å². The fourth-order valence-corrected chi connectivity index (χ4v) is 2.34. The molecule has 0 saturated heterocycles. The number of benzene rings is 1. The minimum absolute atomic E-state index is 0.0315. The number of carbonyl (C=O) groups is 2. The second-order valence-electron chi connectivity index (χ2n) is 5.33. The molecule has 1 fully saturated rings. The lowest BCUT2D eigenvalue weighted by molar-refractivity contribution is -0.137. The number of rotatable bonds is 7. The van der Waals surface area contributed by atoms with Crippen LogP contribution in [0.4, 0.5) is 10.5 Å². The lowest BCUT2D eigenvalue weighted by atomic mass is 10.1. The van der Waals surface area contributed by atoms with Crippen LogP contribution < -0.4 is 16.0 Å². The van der Waals surface area contributed by atoms with Crippen molar-refractivity contribution in [3.63, 3.8) is 0 Å². The van der Waals surface area contributed by atoms with Crippen LogP contribution in [-0.2, 0) is 11.3 Å². The monoisotopic (exact) mass is 291 g/mol. The summed E-state index contributed by atoms with van der Waals surface area (Å²) >= 11 is 0. The Bertz CT molecular complexity index is 515. The van der Waals surface area contributed by atoms with Crippen molar-refractivity contribution in [3.05, 3.63) is 29.8 Å². The Hall–Kier alpha value is -2.08. The lowest BCUT2D eigenvalue weighted by Crippen LogP contribution is -2.40. The maximum Gasteiger partial charge on any atom is 0.319 e. The van der Waals surface area contributed by atoms with Crippen LogP contribution in [0.25, 0.3) is 0 Å². The summed E-state index contributed by atoms with van der Waals surface area (Å²) in [4.78, 5) is 22.9. The third-order valence-corrected chi connectivity index (χ3v) is 3.53. The molecule has 1 aliphatic rings. The molecule has 2 amide bonds. The van der Waals surface area contributed by atoms with Crippen LogP contribution in [0, 0.1) is 5.92 Å². The first-order valence-corrected chi connectivity index (χ1v) is 7.12. The molecule has 6 heteroatoms. The number of amides is 2. The zero-order valence-electron chi connectivity index (χ0n) is 12.1. The molecule has 4 N–H and O–H groups in total. The van der Waals surface area contributed by atoms with Crippen molar-refractivity contribution in [1.29, 1.82) is 0 Å². The summed E-state index contributed by atoms with van der Waals surface area (Å²) in [6.45, 7) is 0.650. The van der Waals surface area contributed by atoms with Crippen molar-refractivity contribution < 1.29 is 14.7 Å². The fraction of sp³-hybridized carbons (Fsp3) is 0.467. The van der Waals surface area contributed by atoms with Gasteiger partial charge in [0.25, 0.3) is 0 Å². The molecular formula is C15H21N3O3. The Balaban J connectivity index is 1.95. The lowest BCUT2D eigenvalue weighted by Gasteiger charge is -2.18. The summed E-state index contributed by atoms with van der Waals surface area (Å²) in [6.07, 6.45) is 1.93. The molecule has 1 aromatic carbocycles. The van der Waals surface area contributed by atoms with Crippen LogP contribution in [0.15, 0.2) is 24.3 Å². The van der Waals surface area contributed by atoms with Gasteiger partial charge in [0, 0.05) is 18.3 Å². The van der Waals surface area contributed by atoms with E-state index in [2.05, 4.69) is 16.0 Å². The summed E-state index contributed by atoms with van der Waals surface area (Å²) < 4.78 is 0. The number of para-hydroxylation sites is 1. The SMILES string of the molecule is CNCc1ccccc1NC(=O)NC(CC(=O)O)C1CC1. The maximum atomic E-state index is 12.1. The number of nitrogens with one attached hydrogen (secondary N) is 3. The minimum atomic E-state index is -0.886. The van der Waals surface area contributed by atoms with E-state index in [1.165, 1.54) is 0 Å². The van der Waals surface area contributed by atoms with Gasteiger partial charge in [0.1, 0.15) is 0 Å². The van der Waals surface area contributed by atoms with Gasteiger partial charge in [0.05, 0.1) is 6.42 Å². The first-order chi connectivity index (χ1) is 10.1. The summed E-state index contributed by atoms with van der Waals surface area (Å²) in [5, 5.41) is 17.5. The highest BCUT2D eigenvalue weighted by molar-refractivity contribution is 5.90. The van der Waals surface area contributed by atoms with Crippen LogP contribution >= 0.6 is 0 Å². The van der Waals surface area contributed by atoms with Gasteiger partial charge in [-0.25, -0.2) is 4.79 Å². The highest BCUT2D eigenvalue weighted by Crippen LogP contribution is 2.34. The Morgan fingerprint density at radius 2 is 2.05 bits per heavy atom. The molecule has 114 valence electrons. The molecule has 0 spiro atoms. The molecule has 1 unspecified atom stereocenters. The summed E-state index contributed by atoms with van der Waals surface area (Å²) in [5.74, 6) is -0.595. The van der Waals surface area contributed by atoms with Crippen LogP contribution in [0.2, 0.25) is 0 Å². The number of carbonyl (C=O) groups excluding carboxylic acids is 1. The van der Waals surface area contributed by atoms with Crippen LogP contribution in [0.3, 0.4) is 0 Å². The molecule has 0 heterocycles. The molecule has 1 atom stereocenters. The maximum absolute atomic E-state index is 12.1. The highest BCUT2D eigenvalue weighted by atomic mass is 16.4. The predicted octanol–water partition coefficient (Wildman–Crippen LogP) is 1.78. The highest BCUT2D eigenvalue weighted by Gasteiger charge is 2.33. The zero-order chi connectivity index (χ0) is 15.2. The molecule has 1 saturated carbocycles. The van der Waals surface area contributed by atoms with Crippen molar-refractivity contribution in [1.82, 2.24) is 10.6 Å². The van der Waals surface area contributed by atoms with Gasteiger partial charge in [-0.05, 0) is 37.4 Å². The Labute approximate surface area is 123 Å². The topological polar surface area (TPSA) is 90.5 Å². The molecule has 21 heavy (non-hydrogen) atoms. The molecule has 1 aromatic rings. The Morgan fingerprint density at radius 3 is 2.67 bits per heavy atom. The zero-order valence-corrected chi connectivity index (χ0v) is 12.1. The van der Waals surface area contributed by atoms with Gasteiger partial charge >= 0.3 is 12.0 Å². The van der Waals surface area contributed by atoms with E-state index < -0.39 is 5.97 Å². The second kappa shape index (κ2) is 7.08. The number of aliphatic carboxylic acids is 1. The number of hydrogen-bond donors (Lipinski definition) is 4. The first-order valence-electron chi connectivity index (χ1n) is 7.12.